The van der Waals surface area contributed by atoms with Crippen LogP contribution in [0.1, 0.15) is 16.7 Å². The number of hydrogen-bond acceptors (Lipinski definition) is 7. The van der Waals surface area contributed by atoms with E-state index in [2.05, 4.69) is 11.9 Å². The van der Waals surface area contributed by atoms with Gasteiger partial charge in [-0.3, -0.25) is 10.2 Å². The highest BCUT2D eigenvalue weighted by Gasteiger charge is 2.12. The highest BCUT2D eigenvalue weighted by molar-refractivity contribution is 7.98. The van der Waals surface area contributed by atoms with Gasteiger partial charge >= 0.3 is 0 Å². The highest BCUT2D eigenvalue weighted by Crippen LogP contribution is 2.32. The van der Waals surface area contributed by atoms with Gasteiger partial charge in [0.2, 0.25) is 6.41 Å². The maximum absolute atomic E-state index is 9.73. The van der Waals surface area contributed by atoms with Crippen LogP contribution < -0.4 is 26.9 Å². The van der Waals surface area contributed by atoms with E-state index < -0.39 is 0 Å². The van der Waals surface area contributed by atoms with Crippen LogP contribution in [0.3, 0.4) is 0 Å². The summed E-state index contributed by atoms with van der Waals surface area (Å²) in [6.45, 7) is 4.21. The average Bonchev–Trinajstić information content (AvgIpc) is 2.63. The van der Waals surface area contributed by atoms with Gasteiger partial charge in [-0.1, -0.05) is 6.07 Å². The highest BCUT2D eigenvalue weighted by atomic mass is 32.2. The quantitative estimate of drug-likeness (QED) is 0.200. The molecular weight excluding hydrogens is 352 g/mol. The molecule has 0 unspecified atom stereocenters. The summed E-state index contributed by atoms with van der Waals surface area (Å²) in [6, 6.07) is 9.61. The molecule has 0 bridgehead atoms. The van der Waals surface area contributed by atoms with E-state index >= 15 is 0 Å². The Bertz CT molecular complexity index is 739. The normalized spacial score (nSPS) is 9.77. The second-order valence-electron chi connectivity index (χ2n) is 5.55. The number of phenols is 1. The summed E-state index contributed by atoms with van der Waals surface area (Å²) in [5.74, 6) is 11.4. The molecule has 1 amide bonds. The van der Waals surface area contributed by atoms with E-state index in [1.54, 1.807) is 28.3 Å². The Hall–Kier alpha value is -2.42. The Balaban J connectivity index is 0.000000765. The van der Waals surface area contributed by atoms with Crippen LogP contribution in [0.2, 0.25) is 0 Å². The Morgan fingerprint density at radius 1 is 1.31 bits per heavy atom. The van der Waals surface area contributed by atoms with Gasteiger partial charge in [0.25, 0.3) is 0 Å². The molecule has 0 heterocycles. The summed E-state index contributed by atoms with van der Waals surface area (Å²) in [5.41, 5.74) is 5.47. The molecule has 0 aliphatic heterocycles. The fourth-order valence-corrected chi connectivity index (χ4v) is 2.93. The van der Waals surface area contributed by atoms with Crippen molar-refractivity contribution in [3.05, 3.63) is 47.0 Å². The van der Waals surface area contributed by atoms with Gasteiger partial charge in [-0.25, -0.2) is 11.7 Å². The molecule has 0 saturated carbocycles. The van der Waals surface area contributed by atoms with Gasteiger partial charge in [0, 0.05) is 17.5 Å². The fourth-order valence-electron chi connectivity index (χ4n) is 2.30. The standard InChI is InChI=1S/C17H22N2O2S.CH4N2O/c1-11-9-16(12(2)8-15(11)20)21-10-13-14(19(3)18)6-5-7-17(13)22-4;2-3-1-4/h5-9,20H,10,18H2,1-4H3;1H,2H2,(H,3,4). The number of phenolic OH excluding ortho intramolecular Hbond substituents is 1. The minimum absolute atomic E-state index is 0.289. The van der Waals surface area contributed by atoms with Crippen LogP contribution in [0.15, 0.2) is 35.2 Å². The third-order valence-electron chi connectivity index (χ3n) is 3.64. The van der Waals surface area contributed by atoms with Gasteiger partial charge in [0.05, 0.1) is 5.69 Å². The summed E-state index contributed by atoms with van der Waals surface area (Å²) in [6.07, 6.45) is 2.44. The number of nitrogens with one attached hydrogen (secondary N) is 1. The van der Waals surface area contributed by atoms with E-state index in [-0.39, 0.29) is 5.75 Å². The number of amides is 1. The molecule has 6 N–H and O–H groups in total. The molecular formula is C18H26N4O3S. The second kappa shape index (κ2) is 10.5. The first-order valence-corrected chi connectivity index (χ1v) is 9.05. The van der Waals surface area contributed by atoms with Crippen molar-refractivity contribution in [2.24, 2.45) is 11.7 Å². The van der Waals surface area contributed by atoms with Crippen molar-refractivity contribution in [3.8, 4) is 11.5 Å². The first-order valence-electron chi connectivity index (χ1n) is 7.82. The molecule has 0 aliphatic rings. The summed E-state index contributed by atoms with van der Waals surface area (Å²) in [5, 5.41) is 11.3. The number of benzene rings is 2. The number of nitrogens with two attached hydrogens (primary N) is 2. The van der Waals surface area contributed by atoms with Crippen molar-refractivity contribution < 1.29 is 14.6 Å². The van der Waals surface area contributed by atoms with E-state index in [0.29, 0.717) is 13.0 Å². The van der Waals surface area contributed by atoms with Crippen molar-refractivity contribution in [1.82, 2.24) is 5.43 Å². The molecule has 2 rings (SSSR count). The van der Waals surface area contributed by atoms with Gasteiger partial charge in [0.1, 0.15) is 18.1 Å². The lowest BCUT2D eigenvalue weighted by molar-refractivity contribution is -0.109. The number of carbonyl (C=O) groups excluding carboxylic acids is 1. The third-order valence-corrected chi connectivity index (χ3v) is 4.46. The molecule has 7 nitrogen and oxygen atoms in total. The van der Waals surface area contributed by atoms with Crippen molar-refractivity contribution in [2.45, 2.75) is 25.3 Å². The van der Waals surface area contributed by atoms with Crippen molar-refractivity contribution in [1.29, 1.82) is 0 Å². The smallest absolute Gasteiger partial charge is 0.221 e. The Kier molecular flexibility index (Phi) is 8.77. The molecule has 142 valence electrons. The average molecular weight is 378 g/mol. The van der Waals surface area contributed by atoms with Gasteiger partial charge < -0.3 is 14.9 Å². The lowest BCUT2D eigenvalue weighted by Crippen LogP contribution is -2.26. The van der Waals surface area contributed by atoms with Gasteiger partial charge in [-0.2, -0.15) is 0 Å². The molecule has 26 heavy (non-hydrogen) atoms. The van der Waals surface area contributed by atoms with Crippen LogP contribution in [0.5, 0.6) is 11.5 Å². The topological polar surface area (TPSA) is 114 Å². The predicted molar refractivity (Wildman–Crippen MR) is 106 cm³/mol. The number of hydrazine groups is 2. The Morgan fingerprint density at radius 3 is 2.50 bits per heavy atom. The van der Waals surface area contributed by atoms with Gasteiger partial charge in [-0.15, -0.1) is 11.8 Å². The van der Waals surface area contributed by atoms with Crippen LogP contribution >= 0.6 is 11.8 Å². The molecule has 0 spiro atoms. The molecule has 0 aromatic heterocycles. The van der Waals surface area contributed by atoms with Crippen molar-refractivity contribution in [3.63, 3.8) is 0 Å². The molecule has 2 aromatic rings. The van der Waals surface area contributed by atoms with Crippen molar-refractivity contribution in [2.75, 3.05) is 18.3 Å². The molecule has 0 fully saturated rings. The summed E-state index contributed by atoms with van der Waals surface area (Å²) in [7, 11) is 1.82. The monoisotopic (exact) mass is 378 g/mol. The zero-order chi connectivity index (χ0) is 19.7. The third kappa shape index (κ3) is 5.83. The number of thioether (sulfide) groups is 1. The molecule has 2 aromatic carbocycles. The fraction of sp³-hybridized carbons (Fsp3) is 0.278. The van der Waals surface area contributed by atoms with Gasteiger partial charge in [-0.05, 0) is 55.5 Å². The maximum atomic E-state index is 9.73. The lowest BCUT2D eigenvalue weighted by Gasteiger charge is -2.20. The number of aromatic hydroxyl groups is 1. The van der Waals surface area contributed by atoms with E-state index in [4.69, 9.17) is 15.4 Å². The number of rotatable bonds is 6. The van der Waals surface area contributed by atoms with Crippen LogP contribution in [0.4, 0.5) is 5.69 Å². The predicted octanol–water partition coefficient (Wildman–Crippen LogP) is 2.23. The van der Waals surface area contributed by atoms with Crippen LogP contribution in [0.25, 0.3) is 0 Å². The number of hydrogen-bond donors (Lipinski definition) is 4. The zero-order valence-corrected chi connectivity index (χ0v) is 16.3. The summed E-state index contributed by atoms with van der Waals surface area (Å²) < 4.78 is 5.99. The number of aryl methyl sites for hydroxylation is 2. The first-order chi connectivity index (χ1) is 12.3. The van der Waals surface area contributed by atoms with Gasteiger partial charge in [0.15, 0.2) is 0 Å². The van der Waals surface area contributed by atoms with Crippen LogP contribution in [0, 0.1) is 13.8 Å². The number of ether oxygens (including phenoxy) is 1. The summed E-state index contributed by atoms with van der Waals surface area (Å²) >= 11 is 1.67. The Morgan fingerprint density at radius 2 is 1.96 bits per heavy atom. The minimum atomic E-state index is 0.289. The zero-order valence-electron chi connectivity index (χ0n) is 15.4. The molecule has 0 atom stereocenters. The number of nitrogens with zero attached hydrogens (tertiary/aromatic N) is 1. The first kappa shape index (κ1) is 21.6. The summed E-state index contributed by atoms with van der Waals surface area (Å²) in [4.78, 5) is 10.1. The Labute approximate surface area is 158 Å². The molecule has 0 saturated heterocycles. The molecule has 0 aliphatic carbocycles. The molecule has 8 heteroatoms. The van der Waals surface area contributed by atoms with E-state index in [9.17, 15) is 5.11 Å². The van der Waals surface area contributed by atoms with Crippen molar-refractivity contribution >= 4 is 23.9 Å². The van der Waals surface area contributed by atoms with E-state index in [1.807, 2.05) is 45.4 Å². The second-order valence-corrected chi connectivity index (χ2v) is 6.39. The maximum Gasteiger partial charge on any atom is 0.221 e. The van der Waals surface area contributed by atoms with Crippen LogP contribution in [-0.2, 0) is 11.4 Å². The minimum Gasteiger partial charge on any atom is -0.508 e. The lowest BCUT2D eigenvalue weighted by atomic mass is 10.1. The van der Waals surface area contributed by atoms with E-state index in [1.165, 1.54) is 0 Å². The van der Waals surface area contributed by atoms with E-state index in [0.717, 1.165) is 33.0 Å². The molecule has 0 radical (unpaired) electrons. The SMILES string of the molecule is CSc1cccc(N(C)N)c1COc1cc(C)c(O)cc1C.NNC=O. The van der Waals surface area contributed by atoms with Crippen LogP contribution in [-0.4, -0.2) is 24.8 Å². The number of anilines is 1. The largest absolute Gasteiger partial charge is 0.508 e. The number of carbonyl (C=O) groups is 1.